The van der Waals surface area contributed by atoms with E-state index in [1.54, 1.807) is 23.3 Å². The maximum absolute atomic E-state index is 12.3. The molecule has 1 aromatic heterocycles. The molecule has 112 valence electrons. The molecule has 0 fully saturated rings. The van der Waals surface area contributed by atoms with Crippen molar-refractivity contribution in [3.05, 3.63) is 54.0 Å². The Balaban J connectivity index is 2.11. The number of para-hydroxylation sites is 1. The van der Waals surface area contributed by atoms with Gasteiger partial charge in [0.25, 0.3) is 0 Å². The van der Waals surface area contributed by atoms with Crippen molar-refractivity contribution in [1.82, 2.24) is 4.90 Å². The minimum Gasteiger partial charge on any atom is -0.508 e. The number of phenolic OH excluding ortho intramolecular Hbond substituents is 1. The zero-order chi connectivity index (χ0) is 15.1. The Morgan fingerprint density at radius 3 is 2.67 bits per heavy atom. The zero-order valence-electron chi connectivity index (χ0n) is 12.3. The van der Waals surface area contributed by atoms with Gasteiger partial charge in [-0.25, -0.2) is 0 Å². The van der Waals surface area contributed by atoms with Crippen LogP contribution in [0, 0.1) is 0 Å². The molecule has 0 saturated carbocycles. The highest BCUT2D eigenvalue weighted by Gasteiger charge is 2.16. The van der Waals surface area contributed by atoms with Crippen LogP contribution in [0.4, 0.5) is 0 Å². The van der Waals surface area contributed by atoms with Gasteiger partial charge in [-0.05, 0) is 24.6 Å². The van der Waals surface area contributed by atoms with Gasteiger partial charge in [-0.2, -0.15) is 0 Å². The number of phenols is 1. The molecule has 0 saturated heterocycles. The Hall–Kier alpha value is -2.23. The van der Waals surface area contributed by atoms with E-state index in [0.29, 0.717) is 19.5 Å². The highest BCUT2D eigenvalue weighted by Crippen LogP contribution is 2.20. The highest BCUT2D eigenvalue weighted by molar-refractivity contribution is 5.76. The largest absolute Gasteiger partial charge is 0.508 e. The number of furan rings is 1. The molecule has 0 radical (unpaired) electrons. The molecule has 4 nitrogen and oxygen atoms in total. The van der Waals surface area contributed by atoms with E-state index in [1.807, 2.05) is 24.3 Å². The number of unbranched alkanes of at least 4 members (excludes halogenated alkanes) is 1. The van der Waals surface area contributed by atoms with Crippen molar-refractivity contribution in [1.29, 1.82) is 0 Å². The molecule has 0 atom stereocenters. The molecular formula is C17H21NO3. The quantitative estimate of drug-likeness (QED) is 0.844. The molecule has 1 amide bonds. The number of aromatic hydroxyl groups is 1. The third kappa shape index (κ3) is 4.38. The second kappa shape index (κ2) is 7.53. The molecule has 0 aliphatic rings. The molecule has 2 rings (SSSR count). The van der Waals surface area contributed by atoms with Crippen LogP contribution in [-0.2, 0) is 17.9 Å². The lowest BCUT2D eigenvalue weighted by Crippen LogP contribution is -2.29. The van der Waals surface area contributed by atoms with Crippen LogP contribution in [0.15, 0.2) is 47.1 Å². The van der Waals surface area contributed by atoms with Gasteiger partial charge in [0.15, 0.2) is 0 Å². The number of hydrogen-bond acceptors (Lipinski definition) is 3. The number of rotatable bonds is 7. The van der Waals surface area contributed by atoms with Gasteiger partial charge in [0.05, 0.1) is 12.8 Å². The number of benzene rings is 1. The number of carbonyl (C=O) groups is 1. The SMILES string of the molecule is CCCCC(=O)N(Cc1ccco1)Cc1ccccc1O. The predicted molar refractivity (Wildman–Crippen MR) is 80.6 cm³/mol. The second-order valence-corrected chi connectivity index (χ2v) is 5.06. The lowest BCUT2D eigenvalue weighted by Gasteiger charge is -2.22. The first-order valence-corrected chi connectivity index (χ1v) is 7.27. The summed E-state index contributed by atoms with van der Waals surface area (Å²) in [5, 5.41) is 9.88. The molecule has 1 aromatic carbocycles. The maximum atomic E-state index is 12.3. The summed E-state index contributed by atoms with van der Waals surface area (Å²) in [4.78, 5) is 14.1. The van der Waals surface area contributed by atoms with Gasteiger partial charge in [-0.1, -0.05) is 31.5 Å². The van der Waals surface area contributed by atoms with Crippen molar-refractivity contribution < 1.29 is 14.3 Å². The van der Waals surface area contributed by atoms with Crippen molar-refractivity contribution >= 4 is 5.91 Å². The minimum atomic E-state index is 0.0801. The van der Waals surface area contributed by atoms with E-state index in [2.05, 4.69) is 6.92 Å². The predicted octanol–water partition coefficient (Wildman–Crippen LogP) is 3.70. The van der Waals surface area contributed by atoms with Crippen LogP contribution in [0.5, 0.6) is 5.75 Å². The Morgan fingerprint density at radius 2 is 2.00 bits per heavy atom. The minimum absolute atomic E-state index is 0.0801. The van der Waals surface area contributed by atoms with E-state index in [1.165, 1.54) is 0 Å². The summed E-state index contributed by atoms with van der Waals surface area (Å²) in [5.41, 5.74) is 0.744. The van der Waals surface area contributed by atoms with E-state index < -0.39 is 0 Å². The molecule has 0 aliphatic heterocycles. The first-order chi connectivity index (χ1) is 10.2. The summed E-state index contributed by atoms with van der Waals surface area (Å²) in [7, 11) is 0. The maximum Gasteiger partial charge on any atom is 0.223 e. The first kappa shape index (κ1) is 15.2. The van der Waals surface area contributed by atoms with Gasteiger partial charge in [0.1, 0.15) is 11.5 Å². The van der Waals surface area contributed by atoms with E-state index in [0.717, 1.165) is 24.2 Å². The van der Waals surface area contributed by atoms with Crippen molar-refractivity contribution in [3.63, 3.8) is 0 Å². The molecule has 1 heterocycles. The zero-order valence-corrected chi connectivity index (χ0v) is 12.3. The van der Waals surface area contributed by atoms with Gasteiger partial charge < -0.3 is 14.4 Å². The van der Waals surface area contributed by atoms with Crippen molar-refractivity contribution in [2.75, 3.05) is 0 Å². The third-order valence-corrected chi connectivity index (χ3v) is 3.38. The topological polar surface area (TPSA) is 53.7 Å². The lowest BCUT2D eigenvalue weighted by molar-refractivity contribution is -0.132. The van der Waals surface area contributed by atoms with Crippen LogP contribution >= 0.6 is 0 Å². The Kier molecular flexibility index (Phi) is 5.43. The number of hydrogen-bond donors (Lipinski definition) is 1. The van der Waals surface area contributed by atoms with Gasteiger partial charge in [-0.3, -0.25) is 4.79 Å². The molecule has 2 aromatic rings. The summed E-state index contributed by atoms with van der Waals surface area (Å²) in [6.07, 6.45) is 3.97. The monoisotopic (exact) mass is 287 g/mol. The molecule has 21 heavy (non-hydrogen) atoms. The summed E-state index contributed by atoms with van der Waals surface area (Å²) in [6, 6.07) is 10.8. The van der Waals surface area contributed by atoms with Crippen LogP contribution in [0.3, 0.4) is 0 Å². The van der Waals surface area contributed by atoms with Gasteiger partial charge in [-0.15, -0.1) is 0 Å². The van der Waals surface area contributed by atoms with E-state index in [-0.39, 0.29) is 11.7 Å². The summed E-state index contributed by atoms with van der Waals surface area (Å²) >= 11 is 0. The molecule has 1 N–H and O–H groups in total. The van der Waals surface area contributed by atoms with Gasteiger partial charge >= 0.3 is 0 Å². The normalized spacial score (nSPS) is 10.5. The lowest BCUT2D eigenvalue weighted by atomic mass is 10.1. The standard InChI is InChI=1S/C17H21NO3/c1-2-3-10-17(20)18(13-15-8-6-11-21-15)12-14-7-4-5-9-16(14)19/h4-9,11,19H,2-3,10,12-13H2,1H3. The van der Waals surface area contributed by atoms with Crippen molar-refractivity contribution in [2.45, 2.75) is 39.3 Å². The fourth-order valence-corrected chi connectivity index (χ4v) is 2.16. The molecule has 4 heteroatoms. The molecule has 0 unspecified atom stereocenters. The molecular weight excluding hydrogens is 266 g/mol. The van der Waals surface area contributed by atoms with Crippen LogP contribution < -0.4 is 0 Å². The van der Waals surface area contributed by atoms with Crippen molar-refractivity contribution in [3.8, 4) is 5.75 Å². The Morgan fingerprint density at radius 1 is 1.19 bits per heavy atom. The van der Waals surface area contributed by atoms with Crippen molar-refractivity contribution in [2.24, 2.45) is 0 Å². The number of nitrogens with zero attached hydrogens (tertiary/aromatic N) is 1. The molecule has 0 bridgehead atoms. The van der Waals surface area contributed by atoms with Gasteiger partial charge in [0, 0.05) is 18.5 Å². The second-order valence-electron chi connectivity index (χ2n) is 5.06. The summed E-state index contributed by atoms with van der Waals surface area (Å²) in [5.74, 6) is 1.04. The Bertz CT molecular complexity index is 563. The highest BCUT2D eigenvalue weighted by atomic mass is 16.3. The fraction of sp³-hybridized carbons (Fsp3) is 0.353. The van der Waals surface area contributed by atoms with Crippen LogP contribution in [-0.4, -0.2) is 15.9 Å². The third-order valence-electron chi connectivity index (χ3n) is 3.38. The molecule has 0 aliphatic carbocycles. The van der Waals surface area contributed by atoms with Crippen LogP contribution in [0.1, 0.15) is 37.5 Å². The van der Waals surface area contributed by atoms with Gasteiger partial charge in [0.2, 0.25) is 5.91 Å². The molecule has 0 spiro atoms. The van der Waals surface area contributed by atoms with E-state index in [4.69, 9.17) is 4.42 Å². The van der Waals surface area contributed by atoms with E-state index >= 15 is 0 Å². The first-order valence-electron chi connectivity index (χ1n) is 7.27. The van der Waals surface area contributed by atoms with Crippen LogP contribution in [0.2, 0.25) is 0 Å². The van der Waals surface area contributed by atoms with Crippen LogP contribution in [0.25, 0.3) is 0 Å². The fourth-order valence-electron chi connectivity index (χ4n) is 2.16. The summed E-state index contributed by atoms with van der Waals surface area (Å²) in [6.45, 7) is 2.87. The number of carbonyl (C=O) groups excluding carboxylic acids is 1. The average Bonchev–Trinajstić information content (AvgIpc) is 2.99. The number of amides is 1. The smallest absolute Gasteiger partial charge is 0.223 e. The van der Waals surface area contributed by atoms with E-state index in [9.17, 15) is 9.90 Å². The summed E-state index contributed by atoms with van der Waals surface area (Å²) < 4.78 is 5.33. The Labute approximate surface area is 125 Å². The average molecular weight is 287 g/mol.